The molecule has 0 spiro atoms. The van der Waals surface area contributed by atoms with Gasteiger partial charge in [0.1, 0.15) is 11.6 Å². The van der Waals surface area contributed by atoms with Crippen LogP contribution in [-0.2, 0) is 0 Å². The maximum absolute atomic E-state index is 11.0. The lowest BCUT2D eigenvalue weighted by Gasteiger charge is -2.08. The quantitative estimate of drug-likeness (QED) is 0.549. The summed E-state index contributed by atoms with van der Waals surface area (Å²) in [5.41, 5.74) is 7.42. The molecule has 1 atom stereocenters. The number of hydrogen-bond donors (Lipinski definition) is 2. The van der Waals surface area contributed by atoms with Crippen LogP contribution in [0.4, 0.5) is 5.69 Å². The van der Waals surface area contributed by atoms with Gasteiger partial charge in [-0.1, -0.05) is 30.3 Å². The molecule has 1 aromatic heterocycles. The van der Waals surface area contributed by atoms with E-state index in [-0.39, 0.29) is 11.5 Å². The van der Waals surface area contributed by atoms with Crippen LogP contribution in [0.1, 0.15) is 17.4 Å². The van der Waals surface area contributed by atoms with Crippen molar-refractivity contribution in [3.63, 3.8) is 0 Å². The monoisotopic (exact) mass is 325 g/mol. The van der Waals surface area contributed by atoms with Crippen LogP contribution >= 0.6 is 0 Å². The number of benzene rings is 2. The average Bonchev–Trinajstić information content (AvgIpc) is 3.11. The predicted molar refractivity (Wildman–Crippen MR) is 87.5 cm³/mol. The number of hydrogen-bond acceptors (Lipinski definition) is 6. The smallest absolute Gasteiger partial charge is 0.270 e. The molecule has 0 saturated heterocycles. The molecular formula is C16H15N5O3. The summed E-state index contributed by atoms with van der Waals surface area (Å²) in [6.45, 7) is 0. The van der Waals surface area contributed by atoms with E-state index < -0.39 is 11.0 Å². The van der Waals surface area contributed by atoms with Crippen molar-refractivity contribution >= 4 is 5.69 Å². The maximum atomic E-state index is 11.0. The fraction of sp³-hybridized carbons (Fsp3) is 0.125. The summed E-state index contributed by atoms with van der Waals surface area (Å²) in [4.78, 5) is 14.9. The first-order valence-electron chi connectivity index (χ1n) is 7.15. The molecule has 3 N–H and O–H groups in total. The SMILES string of the molecule is COc1ccc([N+](=O)[O-])cc1-c1n[nH]c(C(N)c2ccccc2)n1. The van der Waals surface area contributed by atoms with Crippen molar-refractivity contribution in [3.05, 3.63) is 70.0 Å². The lowest BCUT2D eigenvalue weighted by atomic mass is 10.1. The lowest BCUT2D eigenvalue weighted by molar-refractivity contribution is -0.384. The van der Waals surface area contributed by atoms with Crippen LogP contribution in [0.3, 0.4) is 0 Å². The minimum absolute atomic E-state index is 0.0653. The maximum Gasteiger partial charge on any atom is 0.270 e. The van der Waals surface area contributed by atoms with E-state index >= 15 is 0 Å². The number of aromatic nitrogens is 3. The molecule has 2 aromatic carbocycles. The summed E-state index contributed by atoms with van der Waals surface area (Å²) >= 11 is 0. The molecule has 3 rings (SSSR count). The summed E-state index contributed by atoms with van der Waals surface area (Å²) in [6.07, 6.45) is 0. The summed E-state index contributed by atoms with van der Waals surface area (Å²) < 4.78 is 5.24. The van der Waals surface area contributed by atoms with Gasteiger partial charge in [0.25, 0.3) is 5.69 Å². The van der Waals surface area contributed by atoms with Gasteiger partial charge in [-0.2, -0.15) is 5.10 Å². The number of rotatable bonds is 5. The molecular weight excluding hydrogens is 310 g/mol. The second-order valence-corrected chi connectivity index (χ2v) is 5.07. The molecule has 0 aliphatic heterocycles. The number of non-ortho nitro benzene ring substituents is 1. The van der Waals surface area contributed by atoms with Gasteiger partial charge in [-0.15, -0.1) is 0 Å². The van der Waals surface area contributed by atoms with Crippen LogP contribution in [0.2, 0.25) is 0 Å². The van der Waals surface area contributed by atoms with Crippen molar-refractivity contribution in [2.45, 2.75) is 6.04 Å². The number of nitro groups is 1. The highest BCUT2D eigenvalue weighted by molar-refractivity contribution is 5.67. The molecule has 0 bridgehead atoms. The molecule has 8 heteroatoms. The third-order valence-corrected chi connectivity index (χ3v) is 3.59. The molecule has 0 saturated carbocycles. The Balaban J connectivity index is 1.99. The molecule has 3 aromatic rings. The molecule has 24 heavy (non-hydrogen) atoms. The van der Waals surface area contributed by atoms with Gasteiger partial charge in [0.2, 0.25) is 0 Å². The fourth-order valence-corrected chi connectivity index (χ4v) is 2.34. The van der Waals surface area contributed by atoms with Crippen LogP contribution in [0, 0.1) is 10.1 Å². The normalized spacial score (nSPS) is 11.9. The summed E-state index contributed by atoms with van der Waals surface area (Å²) in [5.74, 6) is 1.20. The van der Waals surface area contributed by atoms with Gasteiger partial charge in [0.05, 0.1) is 23.6 Å². The largest absolute Gasteiger partial charge is 0.496 e. The Hall–Kier alpha value is -3.26. The number of nitrogens with two attached hydrogens (primary N) is 1. The van der Waals surface area contributed by atoms with E-state index in [4.69, 9.17) is 10.5 Å². The molecule has 0 aliphatic rings. The Morgan fingerprint density at radius 2 is 2.00 bits per heavy atom. The van der Waals surface area contributed by atoms with Gasteiger partial charge >= 0.3 is 0 Å². The van der Waals surface area contributed by atoms with Crippen molar-refractivity contribution in [1.82, 2.24) is 15.2 Å². The van der Waals surface area contributed by atoms with Gasteiger partial charge in [-0.3, -0.25) is 15.2 Å². The van der Waals surface area contributed by atoms with E-state index in [9.17, 15) is 10.1 Å². The first-order valence-corrected chi connectivity index (χ1v) is 7.15. The molecule has 0 fully saturated rings. The molecule has 0 radical (unpaired) electrons. The fourth-order valence-electron chi connectivity index (χ4n) is 2.34. The number of nitrogens with one attached hydrogen (secondary N) is 1. The zero-order valence-corrected chi connectivity index (χ0v) is 12.8. The van der Waals surface area contributed by atoms with Gasteiger partial charge in [0.15, 0.2) is 5.82 Å². The number of nitrogens with zero attached hydrogens (tertiary/aromatic N) is 3. The zero-order chi connectivity index (χ0) is 17.1. The Bertz CT molecular complexity index is 863. The van der Waals surface area contributed by atoms with Crippen LogP contribution in [0.15, 0.2) is 48.5 Å². The minimum Gasteiger partial charge on any atom is -0.496 e. The standard InChI is InChI=1S/C16H15N5O3/c1-24-13-8-7-11(21(22)23)9-12(13)15-18-16(20-19-15)14(17)10-5-3-2-4-6-10/h2-9,14H,17H2,1H3,(H,18,19,20). The third kappa shape index (κ3) is 2.95. The second-order valence-electron chi connectivity index (χ2n) is 5.07. The van der Waals surface area contributed by atoms with Gasteiger partial charge in [-0.05, 0) is 11.6 Å². The summed E-state index contributed by atoms with van der Waals surface area (Å²) in [5, 5.41) is 17.9. The minimum atomic E-state index is -0.480. The van der Waals surface area contributed by atoms with E-state index in [0.717, 1.165) is 5.56 Å². The van der Waals surface area contributed by atoms with Crippen molar-refractivity contribution in [3.8, 4) is 17.1 Å². The van der Waals surface area contributed by atoms with Gasteiger partial charge in [-0.25, -0.2) is 4.98 Å². The molecule has 1 unspecified atom stereocenters. The number of nitro benzene ring substituents is 1. The first kappa shape index (κ1) is 15.6. The Labute approximate surface area is 137 Å². The summed E-state index contributed by atoms with van der Waals surface area (Å²) in [7, 11) is 1.48. The van der Waals surface area contributed by atoms with E-state index in [0.29, 0.717) is 17.1 Å². The third-order valence-electron chi connectivity index (χ3n) is 3.59. The topological polar surface area (TPSA) is 120 Å². The van der Waals surface area contributed by atoms with Crippen molar-refractivity contribution in [1.29, 1.82) is 0 Å². The number of ether oxygens (including phenoxy) is 1. The lowest BCUT2D eigenvalue weighted by Crippen LogP contribution is -2.13. The Morgan fingerprint density at radius 1 is 1.25 bits per heavy atom. The molecule has 0 aliphatic carbocycles. The van der Waals surface area contributed by atoms with Gasteiger partial charge < -0.3 is 10.5 Å². The molecule has 0 amide bonds. The molecule has 122 valence electrons. The molecule has 1 heterocycles. The zero-order valence-electron chi connectivity index (χ0n) is 12.8. The van der Waals surface area contributed by atoms with Crippen LogP contribution < -0.4 is 10.5 Å². The highest BCUT2D eigenvalue weighted by Gasteiger charge is 2.19. The van der Waals surface area contributed by atoms with Gasteiger partial charge in [0, 0.05) is 12.1 Å². The molecule has 8 nitrogen and oxygen atoms in total. The summed E-state index contributed by atoms with van der Waals surface area (Å²) in [6, 6.07) is 13.2. The van der Waals surface area contributed by atoms with Crippen molar-refractivity contribution < 1.29 is 9.66 Å². The highest BCUT2D eigenvalue weighted by atomic mass is 16.6. The average molecular weight is 325 g/mol. The van der Waals surface area contributed by atoms with E-state index in [1.807, 2.05) is 30.3 Å². The number of methoxy groups -OCH3 is 1. The highest BCUT2D eigenvalue weighted by Crippen LogP contribution is 2.31. The van der Waals surface area contributed by atoms with Crippen LogP contribution in [0.25, 0.3) is 11.4 Å². The van der Waals surface area contributed by atoms with Crippen molar-refractivity contribution in [2.75, 3.05) is 7.11 Å². The van der Waals surface area contributed by atoms with E-state index in [1.165, 1.54) is 25.3 Å². The second kappa shape index (κ2) is 6.47. The number of aromatic amines is 1. The Kier molecular flexibility index (Phi) is 4.21. The van der Waals surface area contributed by atoms with Crippen LogP contribution in [0.5, 0.6) is 5.75 Å². The first-order chi connectivity index (χ1) is 11.6. The predicted octanol–water partition coefficient (Wildman–Crippen LogP) is 2.44. The van der Waals surface area contributed by atoms with Crippen molar-refractivity contribution in [2.24, 2.45) is 5.73 Å². The Morgan fingerprint density at radius 3 is 2.67 bits per heavy atom. The number of H-pyrrole nitrogens is 1. The van der Waals surface area contributed by atoms with E-state index in [2.05, 4.69) is 15.2 Å². The van der Waals surface area contributed by atoms with E-state index in [1.54, 1.807) is 0 Å². The van der Waals surface area contributed by atoms with Crippen LogP contribution in [-0.4, -0.2) is 27.2 Å².